The number of carboxylic acids is 1. The Labute approximate surface area is 159 Å². The van der Waals surface area contributed by atoms with Gasteiger partial charge in [-0.15, -0.1) is 11.3 Å². The second-order valence-electron chi connectivity index (χ2n) is 6.81. The van der Waals surface area contributed by atoms with Crippen molar-refractivity contribution >= 4 is 17.3 Å². The molecule has 3 aromatic rings. The number of rotatable bonds is 4. The first-order valence-electron chi connectivity index (χ1n) is 8.73. The summed E-state index contributed by atoms with van der Waals surface area (Å²) in [6.07, 6.45) is 0.697. The summed E-state index contributed by atoms with van der Waals surface area (Å²) in [5.41, 5.74) is 4.08. The average Bonchev–Trinajstić information content (AvgIpc) is 3.24. The van der Waals surface area contributed by atoms with Crippen molar-refractivity contribution in [2.75, 3.05) is 6.54 Å². The van der Waals surface area contributed by atoms with Gasteiger partial charge in [-0.25, -0.2) is 9.78 Å². The SMILES string of the molecule is Cc1[nH]c(CN2CCc3nc(-c4cccs4)[nH]c(=O)c3C2)c(C)c1C(=O)O. The van der Waals surface area contributed by atoms with Crippen molar-refractivity contribution in [1.29, 1.82) is 0 Å². The summed E-state index contributed by atoms with van der Waals surface area (Å²) in [5.74, 6) is -0.289. The highest BCUT2D eigenvalue weighted by molar-refractivity contribution is 7.13. The lowest BCUT2D eigenvalue weighted by Crippen LogP contribution is -2.35. The van der Waals surface area contributed by atoms with Gasteiger partial charge in [0.05, 0.1) is 21.7 Å². The Kier molecular flexibility index (Phi) is 4.45. The van der Waals surface area contributed by atoms with E-state index in [1.807, 2.05) is 24.4 Å². The number of H-pyrrole nitrogens is 2. The molecule has 7 nitrogen and oxygen atoms in total. The molecule has 0 radical (unpaired) electrons. The summed E-state index contributed by atoms with van der Waals surface area (Å²) in [6, 6.07) is 3.88. The van der Waals surface area contributed by atoms with Gasteiger partial charge >= 0.3 is 5.97 Å². The molecule has 4 rings (SSSR count). The lowest BCUT2D eigenvalue weighted by Gasteiger charge is -2.27. The lowest BCUT2D eigenvalue weighted by molar-refractivity contribution is 0.0695. The van der Waals surface area contributed by atoms with E-state index in [2.05, 4.69) is 19.9 Å². The summed E-state index contributed by atoms with van der Waals surface area (Å²) in [6.45, 7) is 5.44. The van der Waals surface area contributed by atoms with Crippen LogP contribution in [-0.2, 0) is 19.5 Å². The summed E-state index contributed by atoms with van der Waals surface area (Å²) in [4.78, 5) is 37.8. The number of nitrogens with one attached hydrogen (secondary N) is 2. The van der Waals surface area contributed by atoms with Crippen LogP contribution in [0.4, 0.5) is 0 Å². The third kappa shape index (κ3) is 3.22. The van der Waals surface area contributed by atoms with Crippen LogP contribution in [0.2, 0.25) is 0 Å². The summed E-state index contributed by atoms with van der Waals surface area (Å²) in [5, 5.41) is 11.3. The summed E-state index contributed by atoms with van der Waals surface area (Å²) in [7, 11) is 0. The summed E-state index contributed by atoms with van der Waals surface area (Å²) >= 11 is 1.55. The minimum Gasteiger partial charge on any atom is -0.478 e. The fourth-order valence-electron chi connectivity index (χ4n) is 3.66. The van der Waals surface area contributed by atoms with E-state index in [9.17, 15) is 14.7 Å². The minimum absolute atomic E-state index is 0.0984. The predicted octanol–water partition coefficient (Wildman–Crippen LogP) is 2.70. The van der Waals surface area contributed by atoms with Crippen molar-refractivity contribution in [2.45, 2.75) is 33.4 Å². The molecule has 0 amide bonds. The fourth-order valence-corrected chi connectivity index (χ4v) is 4.33. The molecule has 4 heterocycles. The van der Waals surface area contributed by atoms with E-state index in [1.165, 1.54) is 0 Å². The molecule has 0 saturated carbocycles. The summed E-state index contributed by atoms with van der Waals surface area (Å²) < 4.78 is 0. The first-order valence-corrected chi connectivity index (χ1v) is 9.61. The molecule has 3 N–H and O–H groups in total. The molecule has 0 unspecified atom stereocenters. The Morgan fingerprint density at radius 1 is 1.37 bits per heavy atom. The zero-order chi connectivity index (χ0) is 19.1. The molecule has 0 aliphatic carbocycles. The maximum atomic E-state index is 12.6. The van der Waals surface area contributed by atoms with Crippen LogP contribution in [0.5, 0.6) is 0 Å². The molecule has 27 heavy (non-hydrogen) atoms. The molecule has 140 valence electrons. The Morgan fingerprint density at radius 2 is 2.19 bits per heavy atom. The lowest BCUT2D eigenvalue weighted by atomic mass is 10.1. The minimum atomic E-state index is -0.918. The number of carbonyl (C=O) groups is 1. The van der Waals surface area contributed by atoms with Crippen molar-refractivity contribution in [3.8, 4) is 10.7 Å². The van der Waals surface area contributed by atoms with Gasteiger partial charge in [-0.1, -0.05) is 6.07 Å². The number of aryl methyl sites for hydroxylation is 1. The number of aromatic carboxylic acids is 1. The number of fused-ring (bicyclic) bond motifs is 1. The molecule has 0 bridgehead atoms. The van der Waals surface area contributed by atoms with Crippen LogP contribution in [0.1, 0.15) is 38.6 Å². The van der Waals surface area contributed by atoms with E-state index in [0.29, 0.717) is 42.2 Å². The number of hydrogen-bond acceptors (Lipinski definition) is 5. The van der Waals surface area contributed by atoms with Gasteiger partial charge in [0.15, 0.2) is 5.82 Å². The van der Waals surface area contributed by atoms with Gasteiger partial charge in [0, 0.05) is 37.4 Å². The van der Waals surface area contributed by atoms with Crippen molar-refractivity contribution in [3.63, 3.8) is 0 Å². The molecule has 0 spiro atoms. The van der Waals surface area contributed by atoms with E-state index in [-0.39, 0.29) is 5.56 Å². The number of carboxylic acid groups (broad SMARTS) is 1. The van der Waals surface area contributed by atoms with Gasteiger partial charge in [0.1, 0.15) is 0 Å². The molecule has 0 aromatic carbocycles. The quantitative estimate of drug-likeness (QED) is 0.642. The Morgan fingerprint density at radius 3 is 2.85 bits per heavy atom. The van der Waals surface area contributed by atoms with Crippen LogP contribution >= 0.6 is 11.3 Å². The molecule has 0 saturated heterocycles. The third-order valence-corrected chi connectivity index (χ3v) is 5.92. The van der Waals surface area contributed by atoms with Gasteiger partial charge < -0.3 is 15.1 Å². The monoisotopic (exact) mass is 384 g/mol. The average molecular weight is 384 g/mol. The third-order valence-electron chi connectivity index (χ3n) is 5.04. The second kappa shape index (κ2) is 6.79. The number of nitrogens with zero attached hydrogens (tertiary/aromatic N) is 2. The van der Waals surface area contributed by atoms with Crippen LogP contribution in [0.3, 0.4) is 0 Å². The molecule has 1 aliphatic rings. The van der Waals surface area contributed by atoms with E-state index in [1.54, 1.807) is 18.3 Å². The van der Waals surface area contributed by atoms with Crippen molar-refractivity contribution in [1.82, 2.24) is 19.9 Å². The molecule has 0 atom stereocenters. The normalized spacial score (nSPS) is 14.3. The number of hydrogen-bond donors (Lipinski definition) is 3. The molecule has 3 aromatic heterocycles. The topological polar surface area (TPSA) is 102 Å². The first kappa shape index (κ1) is 17.7. The highest BCUT2D eigenvalue weighted by atomic mass is 32.1. The molecule has 1 aliphatic heterocycles. The van der Waals surface area contributed by atoms with Crippen molar-refractivity contribution < 1.29 is 9.90 Å². The van der Waals surface area contributed by atoms with Crippen LogP contribution in [0.25, 0.3) is 10.7 Å². The van der Waals surface area contributed by atoms with Crippen molar-refractivity contribution in [2.24, 2.45) is 0 Å². The van der Waals surface area contributed by atoms with E-state index in [0.717, 1.165) is 28.4 Å². The van der Waals surface area contributed by atoms with Gasteiger partial charge in [-0.05, 0) is 30.9 Å². The predicted molar refractivity (Wildman–Crippen MR) is 103 cm³/mol. The van der Waals surface area contributed by atoms with E-state index >= 15 is 0 Å². The van der Waals surface area contributed by atoms with E-state index in [4.69, 9.17) is 0 Å². The highest BCUT2D eigenvalue weighted by Crippen LogP contribution is 2.24. The van der Waals surface area contributed by atoms with Crippen LogP contribution in [-0.4, -0.2) is 37.5 Å². The molecule has 0 fully saturated rings. The second-order valence-corrected chi connectivity index (χ2v) is 7.76. The van der Waals surface area contributed by atoms with Crippen LogP contribution in [0, 0.1) is 13.8 Å². The fraction of sp³-hybridized carbons (Fsp3) is 0.316. The Hall–Kier alpha value is -2.71. The van der Waals surface area contributed by atoms with Gasteiger partial charge in [0.25, 0.3) is 5.56 Å². The smallest absolute Gasteiger partial charge is 0.337 e. The van der Waals surface area contributed by atoms with E-state index < -0.39 is 5.97 Å². The number of thiophene rings is 1. The van der Waals surface area contributed by atoms with Gasteiger partial charge in [-0.2, -0.15) is 0 Å². The van der Waals surface area contributed by atoms with Gasteiger partial charge in [0.2, 0.25) is 0 Å². The first-order chi connectivity index (χ1) is 12.9. The largest absolute Gasteiger partial charge is 0.478 e. The van der Waals surface area contributed by atoms with Crippen LogP contribution in [0.15, 0.2) is 22.3 Å². The van der Waals surface area contributed by atoms with Crippen LogP contribution < -0.4 is 5.56 Å². The van der Waals surface area contributed by atoms with Gasteiger partial charge in [-0.3, -0.25) is 9.69 Å². The Bertz CT molecular complexity index is 1070. The molecular weight excluding hydrogens is 364 g/mol. The maximum Gasteiger partial charge on any atom is 0.337 e. The zero-order valence-corrected chi connectivity index (χ0v) is 15.9. The van der Waals surface area contributed by atoms with Crippen molar-refractivity contribution in [3.05, 3.63) is 61.6 Å². The maximum absolute atomic E-state index is 12.6. The molecule has 8 heteroatoms. The standard InChI is InChI=1S/C19H20N4O3S/c1-10-14(20-11(2)16(10)19(25)26)9-23-6-5-13-12(8-23)18(24)22-17(21-13)15-4-3-7-27-15/h3-4,7,20H,5-6,8-9H2,1-2H3,(H,25,26)(H,21,22,24). The molecular formula is C19H20N4O3S. The number of aromatic amines is 2. The number of aromatic nitrogens is 3. The highest BCUT2D eigenvalue weighted by Gasteiger charge is 2.24. The Balaban J connectivity index is 1.58. The zero-order valence-electron chi connectivity index (χ0n) is 15.1.